The van der Waals surface area contributed by atoms with Crippen molar-refractivity contribution in [2.75, 3.05) is 46.3 Å². The van der Waals surface area contributed by atoms with Crippen molar-refractivity contribution in [3.63, 3.8) is 0 Å². The molecule has 0 aliphatic carbocycles. The average molecular weight is 316 g/mol. The van der Waals surface area contributed by atoms with Gasteiger partial charge in [-0.2, -0.15) is 4.31 Å². The van der Waals surface area contributed by atoms with Crippen molar-refractivity contribution in [2.45, 2.75) is 12.2 Å². The van der Waals surface area contributed by atoms with Crippen LogP contribution in [0.5, 0.6) is 0 Å². The molecule has 0 fully saturated rings. The van der Waals surface area contributed by atoms with Gasteiger partial charge in [-0.1, -0.05) is 12.1 Å². The maximum atomic E-state index is 12.5. The van der Waals surface area contributed by atoms with E-state index < -0.39 is 10.0 Å². The molecule has 120 valence electrons. The second-order valence-electron chi connectivity index (χ2n) is 4.74. The van der Waals surface area contributed by atoms with E-state index in [9.17, 15) is 8.42 Å². The molecule has 0 spiro atoms. The van der Waals surface area contributed by atoms with Gasteiger partial charge in [-0.25, -0.2) is 8.42 Å². The lowest BCUT2D eigenvalue weighted by atomic mass is 10.2. The van der Waals surface area contributed by atoms with Crippen molar-refractivity contribution in [1.82, 2.24) is 4.31 Å². The normalized spacial score (nSPS) is 12.0. The zero-order valence-electron chi connectivity index (χ0n) is 12.6. The van der Waals surface area contributed by atoms with Crippen LogP contribution in [-0.4, -0.2) is 53.2 Å². The summed E-state index contributed by atoms with van der Waals surface area (Å²) in [5.41, 5.74) is 6.95. The quantitative estimate of drug-likeness (QED) is 0.516. The van der Waals surface area contributed by atoms with Crippen molar-refractivity contribution >= 4 is 15.7 Å². The third-order valence-corrected chi connectivity index (χ3v) is 4.87. The summed E-state index contributed by atoms with van der Waals surface area (Å²) < 4.78 is 36.4. The second-order valence-corrected chi connectivity index (χ2v) is 6.70. The van der Waals surface area contributed by atoms with Crippen LogP contribution >= 0.6 is 0 Å². The predicted octanol–water partition coefficient (Wildman–Crippen LogP) is 1.08. The van der Waals surface area contributed by atoms with Crippen LogP contribution in [0.25, 0.3) is 0 Å². The minimum absolute atomic E-state index is 0.0377. The Balaban J connectivity index is 2.74. The van der Waals surface area contributed by atoms with Crippen LogP contribution in [0.3, 0.4) is 0 Å². The van der Waals surface area contributed by atoms with E-state index in [1.807, 2.05) is 0 Å². The zero-order valence-corrected chi connectivity index (χ0v) is 13.4. The van der Waals surface area contributed by atoms with Crippen molar-refractivity contribution < 1.29 is 17.9 Å². The SMILES string of the molecule is COCCCN(CCOC)S(=O)(=O)Cc1ccc(N)cc1. The molecular weight excluding hydrogens is 292 g/mol. The third-order valence-electron chi connectivity index (χ3n) is 3.02. The minimum atomic E-state index is -3.38. The summed E-state index contributed by atoms with van der Waals surface area (Å²) in [7, 11) is -0.229. The number of benzene rings is 1. The first kappa shape index (κ1) is 17.9. The largest absolute Gasteiger partial charge is 0.399 e. The van der Waals surface area contributed by atoms with Gasteiger partial charge in [0, 0.05) is 39.6 Å². The molecular formula is C14H24N2O4S. The molecule has 0 saturated heterocycles. The lowest BCUT2D eigenvalue weighted by Gasteiger charge is -2.21. The summed E-state index contributed by atoms with van der Waals surface area (Å²) in [4.78, 5) is 0. The molecule has 0 aliphatic rings. The molecule has 0 bridgehead atoms. The van der Waals surface area contributed by atoms with Gasteiger partial charge >= 0.3 is 0 Å². The van der Waals surface area contributed by atoms with Gasteiger partial charge in [0.1, 0.15) is 0 Å². The fourth-order valence-electron chi connectivity index (χ4n) is 1.88. The molecule has 0 saturated carbocycles. The Morgan fingerprint density at radius 3 is 2.24 bits per heavy atom. The van der Waals surface area contributed by atoms with E-state index in [1.165, 1.54) is 4.31 Å². The lowest BCUT2D eigenvalue weighted by molar-refractivity contribution is 0.164. The number of hydrogen-bond acceptors (Lipinski definition) is 5. The van der Waals surface area contributed by atoms with Crippen molar-refractivity contribution in [3.8, 4) is 0 Å². The number of nitrogens with two attached hydrogens (primary N) is 1. The number of nitrogens with zero attached hydrogens (tertiary/aromatic N) is 1. The topological polar surface area (TPSA) is 81.9 Å². The Labute approximate surface area is 126 Å². The van der Waals surface area contributed by atoms with Crippen LogP contribution in [0, 0.1) is 0 Å². The van der Waals surface area contributed by atoms with E-state index in [2.05, 4.69) is 0 Å². The van der Waals surface area contributed by atoms with Crippen LogP contribution < -0.4 is 5.73 Å². The fraction of sp³-hybridized carbons (Fsp3) is 0.571. The smallest absolute Gasteiger partial charge is 0.218 e. The van der Waals surface area contributed by atoms with Crippen molar-refractivity contribution in [3.05, 3.63) is 29.8 Å². The summed E-state index contributed by atoms with van der Waals surface area (Å²) in [6.45, 7) is 1.67. The Morgan fingerprint density at radius 1 is 1.05 bits per heavy atom. The summed E-state index contributed by atoms with van der Waals surface area (Å²) in [6.07, 6.45) is 0.654. The lowest BCUT2D eigenvalue weighted by Crippen LogP contribution is -2.36. The maximum absolute atomic E-state index is 12.5. The average Bonchev–Trinajstić information content (AvgIpc) is 2.44. The highest BCUT2D eigenvalue weighted by Crippen LogP contribution is 2.13. The van der Waals surface area contributed by atoms with E-state index in [4.69, 9.17) is 15.2 Å². The second kappa shape index (κ2) is 8.99. The van der Waals surface area contributed by atoms with Crippen LogP contribution in [0.1, 0.15) is 12.0 Å². The first-order valence-electron chi connectivity index (χ1n) is 6.79. The van der Waals surface area contributed by atoms with E-state index in [-0.39, 0.29) is 5.75 Å². The number of methoxy groups -OCH3 is 2. The molecule has 1 rings (SSSR count). The van der Waals surface area contributed by atoms with E-state index in [0.717, 1.165) is 5.56 Å². The van der Waals surface area contributed by atoms with Crippen LogP contribution in [0.4, 0.5) is 5.69 Å². The summed E-state index contributed by atoms with van der Waals surface area (Å²) in [6, 6.07) is 6.87. The van der Waals surface area contributed by atoms with Crippen molar-refractivity contribution in [1.29, 1.82) is 0 Å². The Morgan fingerprint density at radius 2 is 1.67 bits per heavy atom. The highest BCUT2D eigenvalue weighted by atomic mass is 32.2. The molecule has 2 N–H and O–H groups in total. The van der Waals surface area contributed by atoms with Gasteiger partial charge < -0.3 is 15.2 Å². The molecule has 0 radical (unpaired) electrons. The molecule has 6 nitrogen and oxygen atoms in total. The molecule has 0 aromatic heterocycles. The first-order valence-corrected chi connectivity index (χ1v) is 8.40. The zero-order chi connectivity index (χ0) is 15.7. The number of sulfonamides is 1. The molecule has 1 aromatic rings. The Bertz CT molecular complexity index is 502. The molecule has 0 atom stereocenters. The number of ether oxygens (including phenoxy) is 2. The molecule has 0 aliphatic heterocycles. The van der Waals surface area contributed by atoms with E-state index in [1.54, 1.807) is 38.5 Å². The molecule has 0 heterocycles. The minimum Gasteiger partial charge on any atom is -0.399 e. The number of rotatable bonds is 10. The van der Waals surface area contributed by atoms with Gasteiger partial charge in [0.25, 0.3) is 0 Å². The van der Waals surface area contributed by atoms with Crippen LogP contribution in [0.2, 0.25) is 0 Å². The van der Waals surface area contributed by atoms with Gasteiger partial charge in [0.05, 0.1) is 12.4 Å². The fourth-order valence-corrected chi connectivity index (χ4v) is 3.44. The van der Waals surface area contributed by atoms with Crippen LogP contribution in [-0.2, 0) is 25.2 Å². The highest BCUT2D eigenvalue weighted by Gasteiger charge is 2.21. The number of anilines is 1. The predicted molar refractivity (Wildman–Crippen MR) is 83.4 cm³/mol. The monoisotopic (exact) mass is 316 g/mol. The summed E-state index contributed by atoms with van der Waals surface area (Å²) >= 11 is 0. The van der Waals surface area contributed by atoms with Crippen LogP contribution in [0.15, 0.2) is 24.3 Å². The number of hydrogen-bond donors (Lipinski definition) is 1. The number of nitrogen functional groups attached to an aromatic ring is 1. The third kappa shape index (κ3) is 6.43. The Kier molecular flexibility index (Phi) is 7.66. The van der Waals surface area contributed by atoms with Gasteiger partial charge in [0.2, 0.25) is 10.0 Å². The maximum Gasteiger partial charge on any atom is 0.218 e. The van der Waals surface area contributed by atoms with E-state index in [0.29, 0.717) is 38.4 Å². The van der Waals surface area contributed by atoms with Crippen molar-refractivity contribution in [2.24, 2.45) is 0 Å². The highest BCUT2D eigenvalue weighted by molar-refractivity contribution is 7.88. The molecule has 0 unspecified atom stereocenters. The van der Waals surface area contributed by atoms with Gasteiger partial charge in [-0.3, -0.25) is 0 Å². The molecule has 21 heavy (non-hydrogen) atoms. The van der Waals surface area contributed by atoms with Gasteiger partial charge in [0.15, 0.2) is 0 Å². The molecule has 1 aromatic carbocycles. The summed E-state index contributed by atoms with van der Waals surface area (Å²) in [5.74, 6) is -0.0377. The summed E-state index contributed by atoms with van der Waals surface area (Å²) in [5, 5.41) is 0. The standard InChI is InChI=1S/C14H24N2O4S/c1-19-10-3-8-16(9-11-20-2)21(17,18)12-13-4-6-14(15)7-5-13/h4-7H,3,8-12,15H2,1-2H3. The molecule has 7 heteroatoms. The van der Waals surface area contributed by atoms with Gasteiger partial charge in [-0.15, -0.1) is 0 Å². The Hall–Kier alpha value is -1.15. The molecule has 0 amide bonds. The first-order chi connectivity index (χ1) is 9.99. The van der Waals surface area contributed by atoms with Gasteiger partial charge in [-0.05, 0) is 24.1 Å². The van der Waals surface area contributed by atoms with E-state index >= 15 is 0 Å².